The highest BCUT2D eigenvalue weighted by atomic mass is 32.2. The fourth-order valence-corrected chi connectivity index (χ4v) is 2.60. The molecule has 0 aliphatic rings. The average Bonchev–Trinajstić information content (AvgIpc) is 2.07. The monoisotopic (exact) mass is 281 g/mol. The van der Waals surface area contributed by atoms with E-state index in [1.54, 1.807) is 0 Å². The number of anilines is 1. The zero-order valence-electron chi connectivity index (χ0n) is 8.57. The summed E-state index contributed by atoms with van der Waals surface area (Å²) in [4.78, 5) is 0. The van der Waals surface area contributed by atoms with Crippen LogP contribution in [0, 0.1) is 0 Å². The van der Waals surface area contributed by atoms with Crippen molar-refractivity contribution in [2.45, 2.75) is 11.5 Å². The Morgan fingerprint density at radius 1 is 0.941 bits per heavy atom. The zero-order chi connectivity index (χ0) is 13.3. The first-order valence-electron chi connectivity index (χ1n) is 4.35. The first-order valence-corrected chi connectivity index (χ1v) is 7.57. The Labute approximate surface area is 98.8 Å². The van der Waals surface area contributed by atoms with Gasteiger partial charge in [0.25, 0.3) is 20.2 Å². The van der Waals surface area contributed by atoms with Crippen molar-refractivity contribution in [1.29, 1.82) is 0 Å². The third-order valence-electron chi connectivity index (χ3n) is 1.96. The maximum absolute atomic E-state index is 10.7. The Balaban J connectivity index is 3.16. The third kappa shape index (κ3) is 4.69. The lowest BCUT2D eigenvalue weighted by Gasteiger charge is -2.08. The van der Waals surface area contributed by atoms with Gasteiger partial charge in [0.15, 0.2) is 0 Å². The van der Waals surface area contributed by atoms with Crippen LogP contribution in [-0.4, -0.2) is 25.9 Å². The lowest BCUT2D eigenvalue weighted by atomic mass is 10.1. The van der Waals surface area contributed by atoms with Crippen LogP contribution in [0.25, 0.3) is 0 Å². The zero-order valence-corrected chi connectivity index (χ0v) is 10.2. The molecule has 96 valence electrons. The lowest BCUT2D eigenvalue weighted by Crippen LogP contribution is -2.09. The fraction of sp³-hybridized carbons (Fsp3) is 0.250. The van der Waals surface area contributed by atoms with Gasteiger partial charge in [-0.15, -0.1) is 0 Å². The van der Waals surface area contributed by atoms with Crippen LogP contribution < -0.4 is 5.73 Å². The van der Waals surface area contributed by atoms with Crippen LogP contribution in [0.1, 0.15) is 11.1 Å². The molecule has 0 atom stereocenters. The SMILES string of the molecule is Nc1c(CS(=O)(=O)O)cccc1CS(=O)(=O)O. The molecule has 0 aromatic heterocycles. The Morgan fingerprint density at radius 2 is 1.29 bits per heavy atom. The van der Waals surface area contributed by atoms with E-state index < -0.39 is 31.7 Å². The minimum atomic E-state index is -4.25. The first-order chi connectivity index (χ1) is 7.58. The second-order valence-electron chi connectivity index (χ2n) is 3.44. The van der Waals surface area contributed by atoms with E-state index in [2.05, 4.69) is 0 Å². The molecule has 0 aliphatic carbocycles. The predicted octanol–water partition coefficient (Wildman–Crippen LogP) is 0.0444. The molecule has 1 rings (SSSR count). The van der Waals surface area contributed by atoms with Gasteiger partial charge in [-0.3, -0.25) is 9.11 Å². The maximum atomic E-state index is 10.7. The fourth-order valence-electron chi connectivity index (χ4n) is 1.31. The summed E-state index contributed by atoms with van der Waals surface area (Å²) in [5.41, 5.74) is 5.62. The smallest absolute Gasteiger partial charge is 0.269 e. The highest BCUT2D eigenvalue weighted by molar-refractivity contribution is 7.85. The van der Waals surface area contributed by atoms with Crippen molar-refractivity contribution in [3.05, 3.63) is 29.3 Å². The number of hydrogen-bond acceptors (Lipinski definition) is 5. The summed E-state index contributed by atoms with van der Waals surface area (Å²) in [6.45, 7) is 0. The summed E-state index contributed by atoms with van der Waals surface area (Å²) in [5.74, 6) is -1.42. The second kappa shape index (κ2) is 4.61. The Morgan fingerprint density at radius 3 is 1.59 bits per heavy atom. The van der Waals surface area contributed by atoms with Crippen molar-refractivity contribution in [3.63, 3.8) is 0 Å². The van der Waals surface area contributed by atoms with Crippen molar-refractivity contribution in [1.82, 2.24) is 0 Å². The van der Waals surface area contributed by atoms with Crippen LogP contribution in [0.2, 0.25) is 0 Å². The molecule has 0 spiro atoms. The van der Waals surface area contributed by atoms with Crippen LogP contribution in [-0.2, 0) is 31.7 Å². The minimum Gasteiger partial charge on any atom is -0.398 e. The highest BCUT2D eigenvalue weighted by Crippen LogP contribution is 2.21. The number of benzene rings is 1. The number of para-hydroxylation sites is 1. The van der Waals surface area contributed by atoms with Gasteiger partial charge in [-0.1, -0.05) is 18.2 Å². The van der Waals surface area contributed by atoms with Gasteiger partial charge in [0.1, 0.15) is 11.5 Å². The molecule has 0 radical (unpaired) electrons. The second-order valence-corrected chi connectivity index (χ2v) is 6.35. The quantitative estimate of drug-likeness (QED) is 0.524. The molecule has 0 heterocycles. The summed E-state index contributed by atoms with van der Waals surface area (Å²) in [7, 11) is -8.50. The maximum Gasteiger partial charge on any atom is 0.269 e. The van der Waals surface area contributed by atoms with E-state index in [4.69, 9.17) is 14.8 Å². The molecule has 4 N–H and O–H groups in total. The summed E-state index contributed by atoms with van der Waals surface area (Å²) >= 11 is 0. The molecular formula is C8H11NO6S2. The van der Waals surface area contributed by atoms with Gasteiger partial charge in [0, 0.05) is 5.69 Å². The van der Waals surface area contributed by atoms with E-state index in [9.17, 15) is 16.8 Å². The molecule has 1 aromatic rings. The van der Waals surface area contributed by atoms with Crippen LogP contribution in [0.15, 0.2) is 18.2 Å². The Hall–Kier alpha value is -1.16. The molecule has 1 aromatic carbocycles. The van der Waals surface area contributed by atoms with Gasteiger partial charge in [-0.25, -0.2) is 0 Å². The molecule has 17 heavy (non-hydrogen) atoms. The number of nitrogen functional groups attached to an aromatic ring is 1. The molecule has 0 saturated heterocycles. The van der Waals surface area contributed by atoms with Crippen molar-refractivity contribution in [2.75, 3.05) is 5.73 Å². The van der Waals surface area contributed by atoms with Gasteiger partial charge in [0.2, 0.25) is 0 Å². The van der Waals surface area contributed by atoms with Crippen LogP contribution in [0.3, 0.4) is 0 Å². The molecule has 0 bridgehead atoms. The summed E-state index contributed by atoms with van der Waals surface area (Å²) in [6.07, 6.45) is 0. The standard InChI is InChI=1S/C8H11NO6S2/c9-8-6(4-16(10,11)12)2-1-3-7(8)5-17(13,14)15/h1-3H,4-5,9H2,(H,10,11,12)(H,13,14,15). The Bertz CT molecular complexity index is 567. The summed E-state index contributed by atoms with van der Waals surface area (Å²) < 4.78 is 60.1. The topological polar surface area (TPSA) is 135 Å². The van der Waals surface area contributed by atoms with E-state index in [0.717, 1.165) is 0 Å². The average molecular weight is 281 g/mol. The lowest BCUT2D eigenvalue weighted by molar-refractivity contribution is 0.480. The van der Waals surface area contributed by atoms with E-state index in [1.807, 2.05) is 0 Å². The number of rotatable bonds is 4. The summed E-state index contributed by atoms with van der Waals surface area (Å²) in [6, 6.07) is 4.07. The molecule has 0 fully saturated rings. The van der Waals surface area contributed by atoms with Gasteiger partial charge in [-0.05, 0) is 11.1 Å². The van der Waals surface area contributed by atoms with Crippen molar-refractivity contribution >= 4 is 25.9 Å². The third-order valence-corrected chi connectivity index (χ3v) is 3.31. The van der Waals surface area contributed by atoms with Crippen molar-refractivity contribution in [3.8, 4) is 0 Å². The molecule has 9 heteroatoms. The number of hydrogen-bond donors (Lipinski definition) is 3. The molecule has 0 amide bonds. The molecule has 7 nitrogen and oxygen atoms in total. The van der Waals surface area contributed by atoms with Crippen LogP contribution in [0.4, 0.5) is 5.69 Å². The molecule has 0 saturated carbocycles. The van der Waals surface area contributed by atoms with Crippen LogP contribution in [0.5, 0.6) is 0 Å². The molecule has 0 aliphatic heterocycles. The van der Waals surface area contributed by atoms with Gasteiger partial charge in [0.05, 0.1) is 0 Å². The van der Waals surface area contributed by atoms with Gasteiger partial charge >= 0.3 is 0 Å². The van der Waals surface area contributed by atoms with Gasteiger partial charge in [-0.2, -0.15) is 16.8 Å². The molecular weight excluding hydrogens is 270 g/mol. The largest absolute Gasteiger partial charge is 0.398 e. The van der Waals surface area contributed by atoms with Crippen LogP contribution >= 0.6 is 0 Å². The highest BCUT2D eigenvalue weighted by Gasteiger charge is 2.15. The van der Waals surface area contributed by atoms with Crippen molar-refractivity contribution < 1.29 is 25.9 Å². The minimum absolute atomic E-state index is 0.0775. The van der Waals surface area contributed by atoms with E-state index in [0.29, 0.717) is 0 Å². The predicted molar refractivity (Wildman–Crippen MR) is 61.4 cm³/mol. The van der Waals surface area contributed by atoms with Crippen molar-refractivity contribution in [2.24, 2.45) is 0 Å². The van der Waals surface area contributed by atoms with E-state index in [-0.39, 0.29) is 16.8 Å². The van der Waals surface area contributed by atoms with Gasteiger partial charge < -0.3 is 5.73 Å². The van der Waals surface area contributed by atoms with E-state index >= 15 is 0 Å². The number of nitrogens with two attached hydrogens (primary N) is 1. The molecule has 0 unspecified atom stereocenters. The Kier molecular flexibility index (Phi) is 3.77. The normalized spacial score (nSPS) is 12.6. The summed E-state index contributed by atoms with van der Waals surface area (Å²) in [5, 5.41) is 0. The van der Waals surface area contributed by atoms with E-state index in [1.165, 1.54) is 18.2 Å². The first kappa shape index (κ1) is 13.9.